The number of benzene rings is 1. The van der Waals surface area contributed by atoms with E-state index < -0.39 is 18.1 Å². The standard InChI is InChI=1S/C36H54N4O8S2.CH4/c1-6-26(23(3)41)19-49-21-30(43)17-25-15-28(18-29(16-25)39-33(44)22-50-20-27(7-2)24(4)42)34(45)38-13-9-8-11-31(37-5)35(46)40-14-10-12-32(40)36(47)48;/h15-16,18,26-27,31-32,37H,6-14,17,19-22H2,1-5H3,(H,38,45)(H,39,44)(H,47,48);1H4/t26-,27-,31-,32-;/m0./s1. The Bertz CT molecular complexity index is 1300. The number of Topliss-reactive ketones (excluding diaryl/α,β-unsaturated/α-hetero) is 3. The van der Waals surface area contributed by atoms with Crippen LogP contribution in [0.5, 0.6) is 0 Å². The molecule has 0 aliphatic carbocycles. The van der Waals surface area contributed by atoms with E-state index in [0.717, 1.165) is 0 Å². The first-order valence-corrected chi connectivity index (χ1v) is 19.7. The Hall–Kier alpha value is -3.23. The number of aliphatic carboxylic acids is 1. The predicted octanol–water partition coefficient (Wildman–Crippen LogP) is 4.63. The van der Waals surface area contributed by atoms with Gasteiger partial charge in [0, 0.05) is 54.1 Å². The summed E-state index contributed by atoms with van der Waals surface area (Å²) in [7, 11) is 1.67. The average molecular weight is 751 g/mol. The number of amides is 3. The van der Waals surface area contributed by atoms with Crippen LogP contribution in [0, 0.1) is 11.8 Å². The molecule has 14 heteroatoms. The number of likely N-dealkylation sites (tertiary alicyclic amines) is 1. The van der Waals surface area contributed by atoms with E-state index in [2.05, 4.69) is 16.0 Å². The quantitative estimate of drug-likeness (QED) is 0.108. The number of carboxylic acid groups (broad SMARTS) is 1. The third-order valence-electron chi connectivity index (χ3n) is 8.88. The van der Waals surface area contributed by atoms with Crippen LogP contribution in [-0.4, -0.2) is 106 Å². The van der Waals surface area contributed by atoms with Crippen LogP contribution < -0.4 is 16.0 Å². The summed E-state index contributed by atoms with van der Waals surface area (Å²) in [6, 6.07) is 3.56. The first-order valence-electron chi connectivity index (χ1n) is 17.4. The van der Waals surface area contributed by atoms with Crippen molar-refractivity contribution in [2.24, 2.45) is 11.8 Å². The monoisotopic (exact) mass is 750 g/mol. The third-order valence-corrected chi connectivity index (χ3v) is 11.2. The van der Waals surface area contributed by atoms with Crippen LogP contribution in [0.25, 0.3) is 0 Å². The van der Waals surface area contributed by atoms with Crippen molar-refractivity contribution in [1.82, 2.24) is 15.5 Å². The molecule has 0 radical (unpaired) electrons. The summed E-state index contributed by atoms with van der Waals surface area (Å²) in [5.41, 5.74) is 1.24. The Kier molecular flexibility index (Phi) is 21.6. The highest BCUT2D eigenvalue weighted by Gasteiger charge is 2.36. The van der Waals surface area contributed by atoms with Crippen LogP contribution in [0.15, 0.2) is 18.2 Å². The lowest BCUT2D eigenvalue weighted by molar-refractivity contribution is -0.149. The highest BCUT2D eigenvalue weighted by molar-refractivity contribution is 8.00. The molecular formula is C37H58N4O8S2. The molecule has 1 fully saturated rings. The number of ketones is 3. The lowest BCUT2D eigenvalue weighted by Crippen LogP contribution is -2.49. The molecule has 51 heavy (non-hydrogen) atoms. The largest absolute Gasteiger partial charge is 0.480 e. The van der Waals surface area contributed by atoms with Gasteiger partial charge in [-0.25, -0.2) is 4.79 Å². The summed E-state index contributed by atoms with van der Waals surface area (Å²) >= 11 is 2.78. The number of anilines is 1. The van der Waals surface area contributed by atoms with Gasteiger partial charge in [-0.1, -0.05) is 21.3 Å². The van der Waals surface area contributed by atoms with Crippen molar-refractivity contribution < 1.29 is 38.7 Å². The second-order valence-electron chi connectivity index (χ2n) is 12.8. The van der Waals surface area contributed by atoms with E-state index in [9.17, 15) is 38.7 Å². The van der Waals surface area contributed by atoms with E-state index in [0.29, 0.717) is 80.8 Å². The molecule has 0 aromatic heterocycles. The van der Waals surface area contributed by atoms with Crippen LogP contribution in [0.4, 0.5) is 5.69 Å². The highest BCUT2D eigenvalue weighted by atomic mass is 32.2. The van der Waals surface area contributed by atoms with Gasteiger partial charge in [0.25, 0.3) is 5.91 Å². The molecule has 1 aliphatic rings. The van der Waals surface area contributed by atoms with E-state index in [-0.39, 0.29) is 77.8 Å². The average Bonchev–Trinajstić information content (AvgIpc) is 3.56. The van der Waals surface area contributed by atoms with Crippen LogP contribution in [-0.2, 0) is 35.2 Å². The van der Waals surface area contributed by atoms with E-state index in [1.165, 1.54) is 28.4 Å². The van der Waals surface area contributed by atoms with Gasteiger partial charge in [-0.3, -0.25) is 28.8 Å². The molecule has 12 nitrogen and oxygen atoms in total. The second-order valence-corrected chi connectivity index (χ2v) is 14.8. The first-order chi connectivity index (χ1) is 23.8. The number of thioether (sulfide) groups is 2. The van der Waals surface area contributed by atoms with Crippen molar-refractivity contribution >= 4 is 70.3 Å². The normalized spacial score (nSPS) is 15.6. The zero-order valence-corrected chi connectivity index (χ0v) is 31.6. The van der Waals surface area contributed by atoms with E-state index in [4.69, 9.17) is 0 Å². The molecule has 2 rings (SSSR count). The number of unbranched alkanes of at least 4 members (excludes halogenated alkanes) is 1. The van der Waals surface area contributed by atoms with E-state index in [1.54, 1.807) is 39.1 Å². The lowest BCUT2D eigenvalue weighted by Gasteiger charge is -2.26. The summed E-state index contributed by atoms with van der Waals surface area (Å²) in [5.74, 6) is -0.525. The Morgan fingerprint density at radius 3 is 2.12 bits per heavy atom. The van der Waals surface area contributed by atoms with Crippen molar-refractivity contribution in [3.63, 3.8) is 0 Å². The number of hydrogen-bond acceptors (Lipinski definition) is 10. The van der Waals surface area contributed by atoms with Crippen LogP contribution in [0.3, 0.4) is 0 Å². The van der Waals surface area contributed by atoms with Gasteiger partial charge in [-0.15, -0.1) is 0 Å². The van der Waals surface area contributed by atoms with Gasteiger partial charge in [0.2, 0.25) is 11.8 Å². The SMILES string of the molecule is C.CC[C@@H](CSCC(=O)Cc1cc(NC(=O)CSC[C@H](CC)C(C)=O)cc(C(=O)NCCCC[C@H](NC)C(=O)N2CCC[C@H]2C(=O)O)c1)C(C)=O. The fourth-order valence-corrected chi connectivity index (χ4v) is 8.12. The Morgan fingerprint density at radius 1 is 0.922 bits per heavy atom. The molecule has 1 aliphatic heterocycles. The molecule has 1 heterocycles. The molecule has 4 atom stereocenters. The molecule has 0 unspecified atom stereocenters. The first kappa shape index (κ1) is 45.8. The molecule has 1 aromatic rings. The molecule has 0 spiro atoms. The molecule has 0 bridgehead atoms. The minimum Gasteiger partial charge on any atom is -0.480 e. The predicted molar refractivity (Wildman–Crippen MR) is 205 cm³/mol. The maximum Gasteiger partial charge on any atom is 0.326 e. The highest BCUT2D eigenvalue weighted by Crippen LogP contribution is 2.21. The molecule has 286 valence electrons. The van der Waals surface area contributed by atoms with E-state index in [1.807, 2.05) is 13.8 Å². The number of likely N-dealkylation sites (N-methyl/N-ethyl adjacent to an activating group) is 1. The molecule has 0 saturated carbocycles. The fourth-order valence-electron chi connectivity index (χ4n) is 5.78. The summed E-state index contributed by atoms with van der Waals surface area (Å²) in [4.78, 5) is 88.3. The molecule has 1 aromatic carbocycles. The van der Waals surface area contributed by atoms with E-state index >= 15 is 0 Å². The maximum absolute atomic E-state index is 13.2. The van der Waals surface area contributed by atoms with Crippen molar-refractivity contribution in [1.29, 1.82) is 0 Å². The number of carboxylic acids is 1. The number of carbonyl (C=O) groups is 7. The number of nitrogens with zero attached hydrogens (tertiary/aromatic N) is 1. The lowest BCUT2D eigenvalue weighted by atomic mass is 10.0. The van der Waals surface area contributed by atoms with Crippen molar-refractivity contribution in [2.45, 2.75) is 98.6 Å². The molecule has 3 amide bonds. The van der Waals surface area contributed by atoms with Gasteiger partial charge >= 0.3 is 5.97 Å². The Balaban J connectivity index is 0.0000130. The minimum absolute atomic E-state index is 0. The molecule has 4 N–H and O–H groups in total. The zero-order valence-electron chi connectivity index (χ0n) is 30.0. The topological polar surface area (TPSA) is 179 Å². The number of nitrogens with one attached hydrogen (secondary N) is 3. The smallest absolute Gasteiger partial charge is 0.326 e. The number of rotatable bonds is 24. The fraction of sp³-hybridized carbons (Fsp3) is 0.649. The number of hydrogen-bond donors (Lipinski definition) is 4. The molecular weight excluding hydrogens is 693 g/mol. The summed E-state index contributed by atoms with van der Waals surface area (Å²) in [6.07, 6.45) is 4.24. The van der Waals surface area contributed by atoms with Gasteiger partial charge in [0.1, 0.15) is 23.4 Å². The van der Waals surface area contributed by atoms with Gasteiger partial charge < -0.3 is 26.0 Å². The zero-order chi connectivity index (χ0) is 37.2. The van der Waals surface area contributed by atoms with Crippen molar-refractivity contribution in [3.05, 3.63) is 29.3 Å². The van der Waals surface area contributed by atoms with Crippen LogP contribution >= 0.6 is 23.5 Å². The van der Waals surface area contributed by atoms with Crippen molar-refractivity contribution in [3.8, 4) is 0 Å². The van der Waals surface area contributed by atoms with Crippen LogP contribution in [0.2, 0.25) is 0 Å². The summed E-state index contributed by atoms with van der Waals surface area (Å²) < 4.78 is 0. The summed E-state index contributed by atoms with van der Waals surface area (Å²) in [6.45, 7) is 7.73. The number of carbonyl (C=O) groups excluding carboxylic acids is 6. The van der Waals surface area contributed by atoms with Gasteiger partial charge in [0.05, 0.1) is 17.5 Å². The minimum atomic E-state index is -0.994. The second kappa shape index (κ2) is 24.1. The van der Waals surface area contributed by atoms with Crippen molar-refractivity contribution in [2.75, 3.05) is 48.5 Å². The third kappa shape index (κ3) is 15.9. The van der Waals surface area contributed by atoms with Gasteiger partial charge in [-0.05, 0) is 89.6 Å². The maximum atomic E-state index is 13.2. The Labute approximate surface area is 311 Å². The van der Waals surface area contributed by atoms with Crippen LogP contribution in [0.1, 0.15) is 96.0 Å². The molecule has 1 saturated heterocycles. The van der Waals surface area contributed by atoms with Gasteiger partial charge in [0.15, 0.2) is 0 Å². The Morgan fingerprint density at radius 2 is 1.55 bits per heavy atom. The summed E-state index contributed by atoms with van der Waals surface area (Å²) in [5, 5.41) is 18.1. The van der Waals surface area contributed by atoms with Gasteiger partial charge in [-0.2, -0.15) is 23.5 Å².